The second-order valence-corrected chi connectivity index (χ2v) is 8.74. The lowest BCUT2D eigenvalue weighted by Gasteiger charge is -2.39. The average Bonchev–Trinajstić information content (AvgIpc) is 2.96. The number of β-amino-alcohol motifs (C(OH)–C–C–N with tert-alkyl or cyclic N) is 1. The van der Waals surface area contributed by atoms with Crippen LogP contribution in [0.25, 0.3) is 0 Å². The van der Waals surface area contributed by atoms with Crippen molar-refractivity contribution >= 4 is 33.3 Å². The Morgan fingerprint density at radius 3 is 2.62 bits per heavy atom. The Morgan fingerprint density at radius 1 is 1.46 bits per heavy atom. The van der Waals surface area contributed by atoms with Crippen molar-refractivity contribution in [3.63, 3.8) is 0 Å². The molecule has 2 fully saturated rings. The molecule has 1 aromatic heterocycles. The number of halogens is 3. The molecule has 1 saturated carbocycles. The van der Waals surface area contributed by atoms with Crippen molar-refractivity contribution in [1.29, 1.82) is 0 Å². The lowest BCUT2D eigenvalue weighted by molar-refractivity contribution is -0.0897. The number of nitrogens with zero attached hydrogens (tertiary/aromatic N) is 2. The number of hydrogen-bond donors (Lipinski definition) is 3. The first-order chi connectivity index (χ1) is 11.1. The maximum atomic E-state index is 13.4. The fourth-order valence-corrected chi connectivity index (χ4v) is 4.55. The van der Waals surface area contributed by atoms with Gasteiger partial charge in [-0.15, -0.1) is 11.3 Å². The van der Waals surface area contributed by atoms with E-state index in [9.17, 15) is 23.8 Å². The van der Waals surface area contributed by atoms with E-state index in [0.717, 1.165) is 14.4 Å². The summed E-state index contributed by atoms with van der Waals surface area (Å²) >= 11 is 4.57. The molecule has 2 aliphatic rings. The van der Waals surface area contributed by atoms with E-state index in [1.54, 1.807) is 6.92 Å². The molecule has 0 bridgehead atoms. The second-order valence-electron chi connectivity index (χ2n) is 6.40. The Balaban J connectivity index is 1.71. The summed E-state index contributed by atoms with van der Waals surface area (Å²) in [5.74, 6) is -2.76. The Morgan fingerprint density at radius 2 is 2.08 bits per heavy atom. The van der Waals surface area contributed by atoms with E-state index >= 15 is 0 Å². The molecule has 0 aromatic carbocycles. The van der Waals surface area contributed by atoms with Crippen LogP contribution >= 0.6 is 27.3 Å². The third-order valence-electron chi connectivity index (χ3n) is 4.69. The minimum atomic E-state index is -2.76. The van der Waals surface area contributed by atoms with Crippen molar-refractivity contribution < 1.29 is 23.8 Å². The fourth-order valence-electron chi connectivity index (χ4n) is 3.19. The van der Waals surface area contributed by atoms with Crippen LogP contribution in [-0.2, 0) is 0 Å². The highest BCUT2D eigenvalue weighted by molar-refractivity contribution is 9.11. The molecule has 0 radical (unpaired) electrons. The largest absolute Gasteiger partial charge is 0.384 e. The molecule has 3 rings (SSSR count). The molecular weight excluding hydrogens is 408 g/mol. The molecule has 1 aliphatic heterocycles. The van der Waals surface area contributed by atoms with Gasteiger partial charge in [0.15, 0.2) is 6.23 Å². The number of rotatable bonds is 3. The van der Waals surface area contributed by atoms with Gasteiger partial charge in [0.1, 0.15) is 11.1 Å². The number of aliphatic hydroxyl groups is 2. The van der Waals surface area contributed by atoms with Gasteiger partial charge in [-0.1, -0.05) is 0 Å². The smallest absolute Gasteiger partial charge is 0.320 e. The van der Waals surface area contributed by atoms with Gasteiger partial charge in [-0.3, -0.25) is 4.90 Å². The summed E-state index contributed by atoms with van der Waals surface area (Å²) in [6.07, 6.45) is -3.05. The van der Waals surface area contributed by atoms with Crippen molar-refractivity contribution in [3.8, 4) is 0 Å². The van der Waals surface area contributed by atoms with Gasteiger partial charge in [-0.2, -0.15) is 0 Å². The number of hydrogen-bond acceptors (Lipinski definition) is 5. The van der Waals surface area contributed by atoms with E-state index in [1.807, 2.05) is 0 Å². The minimum Gasteiger partial charge on any atom is -0.384 e. The van der Waals surface area contributed by atoms with Crippen LogP contribution in [-0.4, -0.2) is 50.4 Å². The SMILES string of the molecule is Cc1nc(C(O)CN2C(=O)NC3(CCC(F)(F)CC3)[C@H]2O)sc1Br. The molecule has 2 heterocycles. The Kier molecular flexibility index (Phi) is 4.61. The van der Waals surface area contributed by atoms with Crippen molar-refractivity contribution in [1.82, 2.24) is 15.2 Å². The quantitative estimate of drug-likeness (QED) is 0.694. The topological polar surface area (TPSA) is 85.7 Å². The van der Waals surface area contributed by atoms with E-state index in [2.05, 4.69) is 26.2 Å². The molecule has 2 atom stereocenters. The van der Waals surface area contributed by atoms with Gasteiger partial charge < -0.3 is 15.5 Å². The third-order valence-corrected chi connectivity index (χ3v) is 6.80. The summed E-state index contributed by atoms with van der Waals surface area (Å²) < 4.78 is 27.5. The maximum Gasteiger partial charge on any atom is 0.320 e. The molecule has 134 valence electrons. The van der Waals surface area contributed by atoms with E-state index in [0.29, 0.717) is 5.01 Å². The zero-order valence-electron chi connectivity index (χ0n) is 12.9. The van der Waals surface area contributed by atoms with Crippen LogP contribution in [0.2, 0.25) is 0 Å². The Labute approximate surface area is 150 Å². The second kappa shape index (κ2) is 6.15. The maximum absolute atomic E-state index is 13.4. The van der Waals surface area contributed by atoms with Crippen LogP contribution in [0.15, 0.2) is 3.79 Å². The van der Waals surface area contributed by atoms with Gasteiger partial charge in [-0.05, 0) is 35.7 Å². The fraction of sp³-hybridized carbons (Fsp3) is 0.714. The number of alkyl halides is 2. The average molecular weight is 426 g/mol. The van der Waals surface area contributed by atoms with Crippen LogP contribution in [0.3, 0.4) is 0 Å². The van der Waals surface area contributed by atoms with Crippen LogP contribution in [0.1, 0.15) is 42.5 Å². The normalized spacial score (nSPS) is 26.7. The molecule has 3 N–H and O–H groups in total. The number of aromatic nitrogens is 1. The number of aliphatic hydroxyl groups excluding tert-OH is 2. The van der Waals surface area contributed by atoms with E-state index in [4.69, 9.17) is 0 Å². The van der Waals surface area contributed by atoms with Gasteiger partial charge in [0.05, 0.1) is 21.6 Å². The van der Waals surface area contributed by atoms with Crippen molar-refractivity contribution in [2.75, 3.05) is 6.54 Å². The first-order valence-corrected chi connectivity index (χ1v) is 9.20. The van der Waals surface area contributed by atoms with Gasteiger partial charge >= 0.3 is 6.03 Å². The lowest BCUT2D eigenvalue weighted by atomic mass is 9.79. The molecule has 1 aromatic rings. The van der Waals surface area contributed by atoms with Crippen molar-refractivity contribution in [3.05, 3.63) is 14.5 Å². The van der Waals surface area contributed by atoms with Crippen LogP contribution in [0.5, 0.6) is 0 Å². The van der Waals surface area contributed by atoms with E-state index in [1.165, 1.54) is 11.3 Å². The molecule has 10 heteroatoms. The predicted octanol–water partition coefficient (Wildman–Crippen LogP) is 2.54. The highest BCUT2D eigenvalue weighted by Crippen LogP contribution is 2.43. The molecule has 1 unspecified atom stereocenters. The van der Waals surface area contributed by atoms with Gasteiger partial charge in [0.25, 0.3) is 0 Å². The minimum absolute atomic E-state index is 0.00140. The van der Waals surface area contributed by atoms with Crippen LogP contribution < -0.4 is 5.32 Å². The molecule has 1 saturated heterocycles. The first-order valence-electron chi connectivity index (χ1n) is 7.59. The molecule has 1 spiro atoms. The number of carbonyl (C=O) groups excluding carboxylic acids is 1. The van der Waals surface area contributed by atoms with Crippen molar-refractivity contribution in [2.24, 2.45) is 0 Å². The lowest BCUT2D eigenvalue weighted by Crippen LogP contribution is -2.54. The molecule has 1 aliphatic carbocycles. The summed E-state index contributed by atoms with van der Waals surface area (Å²) in [5, 5.41) is 23.9. The molecule has 24 heavy (non-hydrogen) atoms. The van der Waals surface area contributed by atoms with Crippen LogP contribution in [0.4, 0.5) is 13.6 Å². The van der Waals surface area contributed by atoms with Crippen molar-refractivity contribution in [2.45, 2.75) is 56.4 Å². The third kappa shape index (κ3) is 3.16. The molecule has 2 amide bonds. The standard InChI is InChI=1S/C14H18BrF2N3O3S/c1-7-9(15)24-10(18-7)8(21)6-20-11(22)13(19-12(20)23)2-4-14(16,17)5-3-13/h8,11,21-22H,2-6H2,1H3,(H,19,23)/t8?,11-/m1/s1. The zero-order valence-corrected chi connectivity index (χ0v) is 15.3. The summed E-state index contributed by atoms with van der Waals surface area (Å²) in [6.45, 7) is 1.63. The van der Waals surface area contributed by atoms with E-state index < -0.39 is 29.8 Å². The van der Waals surface area contributed by atoms with Crippen LogP contribution in [0, 0.1) is 6.92 Å². The summed E-state index contributed by atoms with van der Waals surface area (Å²) in [7, 11) is 0. The number of carbonyl (C=O) groups is 1. The summed E-state index contributed by atoms with van der Waals surface area (Å²) in [4.78, 5) is 17.5. The number of thiazole rings is 1. The molecular formula is C14H18BrF2N3O3S. The summed E-state index contributed by atoms with van der Waals surface area (Å²) in [6, 6.07) is -0.556. The first kappa shape index (κ1) is 18.0. The number of urea groups is 1. The highest BCUT2D eigenvalue weighted by Gasteiger charge is 2.55. The highest BCUT2D eigenvalue weighted by atomic mass is 79.9. The Hall–Kier alpha value is -0.840. The zero-order chi connectivity index (χ0) is 17.7. The number of aryl methyl sites for hydroxylation is 1. The number of nitrogens with one attached hydrogen (secondary N) is 1. The monoisotopic (exact) mass is 425 g/mol. The summed E-state index contributed by atoms with van der Waals surface area (Å²) in [5.41, 5.74) is -0.343. The predicted molar refractivity (Wildman–Crippen MR) is 86.9 cm³/mol. The van der Waals surface area contributed by atoms with E-state index in [-0.39, 0.29) is 32.2 Å². The molecule has 6 nitrogen and oxygen atoms in total. The van der Waals surface area contributed by atoms with Gasteiger partial charge in [0.2, 0.25) is 5.92 Å². The van der Waals surface area contributed by atoms with Gasteiger partial charge in [0, 0.05) is 12.8 Å². The number of amides is 2. The Bertz CT molecular complexity index is 628. The van der Waals surface area contributed by atoms with Gasteiger partial charge in [-0.25, -0.2) is 18.6 Å².